The zero-order chi connectivity index (χ0) is 16.3. The molecule has 0 fully saturated rings. The van der Waals surface area contributed by atoms with Crippen molar-refractivity contribution in [1.29, 1.82) is 0 Å². The largest absolute Gasteiger partial charge is 0.260 e. The molecule has 0 saturated carbocycles. The molecule has 0 aliphatic heterocycles. The number of aromatic nitrogens is 2. The zero-order valence-corrected chi connectivity index (χ0v) is 15.0. The third-order valence-corrected chi connectivity index (χ3v) is 6.83. The summed E-state index contributed by atoms with van der Waals surface area (Å²) in [6, 6.07) is 15.2. The van der Waals surface area contributed by atoms with Gasteiger partial charge in [-0.1, -0.05) is 30.3 Å². The van der Waals surface area contributed by atoms with Crippen molar-refractivity contribution in [2.45, 2.75) is 6.92 Å². The van der Waals surface area contributed by atoms with Crippen LogP contribution in [-0.4, -0.2) is 4.98 Å². The minimum atomic E-state index is 1.11. The van der Waals surface area contributed by atoms with Crippen molar-refractivity contribution < 1.29 is 4.57 Å². The van der Waals surface area contributed by atoms with Gasteiger partial charge in [0.2, 0.25) is 5.69 Å². The monoisotopic (exact) mass is 347 g/mol. The summed E-state index contributed by atoms with van der Waals surface area (Å²) in [6.45, 7) is 2.20. The highest BCUT2D eigenvalue weighted by Gasteiger charge is 2.22. The van der Waals surface area contributed by atoms with E-state index in [-0.39, 0.29) is 0 Å². The first-order valence-corrected chi connectivity index (χ1v) is 9.57. The molecule has 2 nitrogen and oxygen atoms in total. The highest BCUT2D eigenvalue weighted by Crippen LogP contribution is 2.36. The molecule has 0 N–H and O–H groups in total. The predicted octanol–water partition coefficient (Wildman–Crippen LogP) is 5.46. The molecule has 0 radical (unpaired) electrons. The Morgan fingerprint density at radius 2 is 1.92 bits per heavy atom. The number of fused-ring (bicyclic) bond motifs is 4. The molecule has 2 aromatic carbocycles. The molecule has 0 aliphatic carbocycles. The number of hydrogen-bond acceptors (Lipinski definition) is 3. The van der Waals surface area contributed by atoms with Crippen LogP contribution in [-0.2, 0) is 7.05 Å². The van der Waals surface area contributed by atoms with Crippen molar-refractivity contribution in [2.24, 2.45) is 7.05 Å². The Labute approximate surface area is 147 Å². The van der Waals surface area contributed by atoms with Crippen molar-refractivity contribution in [3.05, 3.63) is 59.6 Å². The third-order valence-electron chi connectivity index (χ3n) is 4.73. The van der Waals surface area contributed by atoms with E-state index in [1.54, 1.807) is 22.7 Å². The first kappa shape index (κ1) is 14.1. The lowest BCUT2D eigenvalue weighted by Crippen LogP contribution is -2.32. The summed E-state index contributed by atoms with van der Waals surface area (Å²) < 4.78 is 4.96. The Balaban J connectivity index is 1.86. The number of benzene rings is 2. The number of nitrogens with zero attached hydrogens (tertiary/aromatic N) is 2. The highest BCUT2D eigenvalue weighted by molar-refractivity contribution is 7.31. The molecule has 24 heavy (non-hydrogen) atoms. The van der Waals surface area contributed by atoms with Gasteiger partial charge in [0.1, 0.15) is 17.9 Å². The van der Waals surface area contributed by atoms with Crippen LogP contribution in [0.15, 0.2) is 54.0 Å². The molecule has 0 saturated heterocycles. The average molecular weight is 347 g/mol. The summed E-state index contributed by atoms with van der Waals surface area (Å²) >= 11 is 3.57. The van der Waals surface area contributed by atoms with Crippen LogP contribution >= 0.6 is 22.7 Å². The smallest absolute Gasteiger partial charge is 0.232 e. The molecule has 0 spiro atoms. The molecular weight excluding hydrogens is 332 g/mol. The standard InChI is InChI=1S/C20H15N2S2/c1-12-14-6-4-3-5-13(14)7-8-15(12)16-11-21-20-18(22(16)2)19-17(24-20)9-10-23-19/h3-11H,1-2H3/q+1. The quantitative estimate of drug-likeness (QED) is 0.368. The van der Waals surface area contributed by atoms with E-state index in [4.69, 9.17) is 4.98 Å². The first-order chi connectivity index (χ1) is 11.7. The first-order valence-electron chi connectivity index (χ1n) is 7.87. The van der Waals surface area contributed by atoms with Gasteiger partial charge in [-0.25, -0.2) is 4.98 Å². The summed E-state index contributed by atoms with van der Waals surface area (Å²) in [7, 11) is 2.15. The van der Waals surface area contributed by atoms with E-state index in [1.807, 2.05) is 6.20 Å². The van der Waals surface area contributed by atoms with Crippen LogP contribution < -0.4 is 4.57 Å². The molecule has 0 bridgehead atoms. The predicted molar refractivity (Wildman–Crippen MR) is 104 cm³/mol. The summed E-state index contributed by atoms with van der Waals surface area (Å²) in [6.07, 6.45) is 2.01. The molecule has 4 heteroatoms. The third kappa shape index (κ3) is 1.87. The van der Waals surface area contributed by atoms with Crippen LogP contribution in [0.5, 0.6) is 0 Å². The maximum Gasteiger partial charge on any atom is 0.260 e. The van der Waals surface area contributed by atoms with Gasteiger partial charge in [0, 0.05) is 0 Å². The second-order valence-corrected chi connectivity index (χ2v) is 7.98. The van der Waals surface area contributed by atoms with Crippen LogP contribution in [0.4, 0.5) is 0 Å². The van der Waals surface area contributed by atoms with Gasteiger partial charge in [0.25, 0.3) is 5.52 Å². The van der Waals surface area contributed by atoms with Crippen LogP contribution in [0.3, 0.4) is 0 Å². The maximum atomic E-state index is 4.75. The Kier molecular flexibility index (Phi) is 2.99. The van der Waals surface area contributed by atoms with Crippen molar-refractivity contribution in [1.82, 2.24) is 4.98 Å². The molecule has 0 atom stereocenters. The lowest BCUT2D eigenvalue weighted by atomic mass is 9.98. The fourth-order valence-electron chi connectivity index (χ4n) is 3.46. The van der Waals surface area contributed by atoms with Crippen molar-refractivity contribution in [3.63, 3.8) is 0 Å². The van der Waals surface area contributed by atoms with Crippen molar-refractivity contribution in [2.75, 3.05) is 0 Å². The number of hydrogen-bond donors (Lipinski definition) is 0. The molecule has 5 aromatic rings. The maximum absolute atomic E-state index is 4.75. The molecule has 0 amide bonds. The van der Waals surface area contributed by atoms with Crippen LogP contribution in [0.25, 0.3) is 41.8 Å². The Morgan fingerprint density at radius 3 is 2.83 bits per heavy atom. The zero-order valence-electron chi connectivity index (χ0n) is 13.4. The Bertz CT molecular complexity index is 1230. The second kappa shape index (κ2) is 5.10. The van der Waals surface area contributed by atoms with Crippen LogP contribution in [0.2, 0.25) is 0 Å². The summed E-state index contributed by atoms with van der Waals surface area (Å²) in [5.74, 6) is 0. The Morgan fingerprint density at radius 1 is 1.04 bits per heavy atom. The van der Waals surface area contributed by atoms with E-state index in [9.17, 15) is 0 Å². The van der Waals surface area contributed by atoms with Gasteiger partial charge >= 0.3 is 0 Å². The van der Waals surface area contributed by atoms with Gasteiger partial charge in [-0.3, -0.25) is 0 Å². The van der Waals surface area contributed by atoms with Crippen LogP contribution in [0, 0.1) is 6.92 Å². The minimum Gasteiger partial charge on any atom is -0.232 e. The SMILES string of the molecule is Cc1c(-c2cnc3sc4ccsc4c3[n+]2C)ccc2ccccc12. The van der Waals surface area contributed by atoms with Gasteiger partial charge in [-0.15, -0.1) is 22.7 Å². The number of aryl methyl sites for hydroxylation is 2. The minimum absolute atomic E-state index is 1.11. The van der Waals surface area contributed by atoms with Gasteiger partial charge in [-0.05, 0) is 40.8 Å². The molecule has 116 valence electrons. The van der Waals surface area contributed by atoms with Crippen molar-refractivity contribution in [3.8, 4) is 11.3 Å². The topological polar surface area (TPSA) is 16.8 Å². The van der Waals surface area contributed by atoms with Crippen molar-refractivity contribution >= 4 is 53.2 Å². The van der Waals surface area contributed by atoms with Gasteiger partial charge in [-0.2, -0.15) is 4.57 Å². The van der Waals surface area contributed by atoms with E-state index in [1.165, 1.54) is 42.5 Å². The lowest BCUT2D eigenvalue weighted by Gasteiger charge is -2.08. The van der Waals surface area contributed by atoms with E-state index in [0.717, 1.165) is 4.83 Å². The van der Waals surface area contributed by atoms with E-state index in [0.29, 0.717) is 0 Å². The molecule has 3 aromatic heterocycles. The molecule has 0 aliphatic rings. The number of rotatable bonds is 1. The van der Waals surface area contributed by atoms with Crippen LogP contribution in [0.1, 0.15) is 5.56 Å². The Hall–Kier alpha value is -2.30. The van der Waals surface area contributed by atoms with Gasteiger partial charge in [0.15, 0.2) is 4.83 Å². The lowest BCUT2D eigenvalue weighted by molar-refractivity contribution is -0.632. The summed E-state index contributed by atoms with van der Waals surface area (Å²) in [5, 5.41) is 4.75. The van der Waals surface area contributed by atoms with E-state index >= 15 is 0 Å². The van der Waals surface area contributed by atoms with Gasteiger partial charge < -0.3 is 0 Å². The molecule has 5 rings (SSSR count). The molecule has 0 unspecified atom stereocenters. The average Bonchev–Trinajstić information content (AvgIpc) is 3.17. The number of thiophene rings is 2. The fraction of sp³-hybridized carbons (Fsp3) is 0.100. The summed E-state index contributed by atoms with van der Waals surface area (Å²) in [4.78, 5) is 5.87. The highest BCUT2D eigenvalue weighted by atomic mass is 32.1. The second-order valence-electron chi connectivity index (χ2n) is 6.03. The molecular formula is C20H15N2S2+. The molecule has 3 heterocycles. The summed E-state index contributed by atoms with van der Waals surface area (Å²) in [5.41, 5.74) is 4.97. The van der Waals surface area contributed by atoms with Gasteiger partial charge in [0.05, 0.1) is 10.3 Å². The van der Waals surface area contributed by atoms with E-state index < -0.39 is 0 Å². The van der Waals surface area contributed by atoms with E-state index in [2.05, 4.69) is 66.4 Å². The normalized spacial score (nSPS) is 11.8. The fourth-order valence-corrected chi connectivity index (χ4v) is 5.73.